The second-order valence-electron chi connectivity index (χ2n) is 5.27. The summed E-state index contributed by atoms with van der Waals surface area (Å²) in [6, 6.07) is 7.83. The van der Waals surface area contributed by atoms with Crippen molar-refractivity contribution in [3.8, 4) is 5.75 Å². The van der Waals surface area contributed by atoms with Gasteiger partial charge in [-0.3, -0.25) is 0 Å². The molecule has 0 amide bonds. The highest BCUT2D eigenvalue weighted by molar-refractivity contribution is 7.71. The highest BCUT2D eigenvalue weighted by Gasteiger charge is 2.12. The van der Waals surface area contributed by atoms with Crippen LogP contribution in [0.3, 0.4) is 0 Å². The summed E-state index contributed by atoms with van der Waals surface area (Å²) < 4.78 is 13.7. The number of nitrogens with zero attached hydrogens (tertiary/aromatic N) is 2. The molecule has 21 heavy (non-hydrogen) atoms. The standard InChI is InChI=1S/C15H17N3O2S/c1-9(2)19-13-6-4-5-12-14(13)16-15(21)18(12)8-11-7-10(3)17-20-11/h4-7,9H,8H2,1-3H3,(H,16,21). The van der Waals surface area contributed by atoms with Gasteiger partial charge in [0.1, 0.15) is 11.3 Å². The predicted molar refractivity (Wildman–Crippen MR) is 83.2 cm³/mol. The van der Waals surface area contributed by atoms with Crippen LogP contribution in [0.15, 0.2) is 28.8 Å². The number of para-hydroxylation sites is 1. The fourth-order valence-electron chi connectivity index (χ4n) is 2.31. The van der Waals surface area contributed by atoms with Gasteiger partial charge in [0.15, 0.2) is 10.5 Å². The third-order valence-corrected chi connectivity index (χ3v) is 3.45. The zero-order valence-corrected chi connectivity index (χ0v) is 13.0. The van der Waals surface area contributed by atoms with Crippen molar-refractivity contribution in [3.05, 3.63) is 40.5 Å². The fraction of sp³-hybridized carbons (Fsp3) is 0.333. The van der Waals surface area contributed by atoms with E-state index in [1.165, 1.54) is 0 Å². The smallest absolute Gasteiger partial charge is 0.178 e. The average Bonchev–Trinajstić information content (AvgIpc) is 2.96. The highest BCUT2D eigenvalue weighted by atomic mass is 32.1. The topological polar surface area (TPSA) is 56.0 Å². The number of aromatic amines is 1. The molecule has 0 radical (unpaired) electrons. The molecule has 2 aromatic heterocycles. The van der Waals surface area contributed by atoms with Crippen molar-refractivity contribution in [3.63, 3.8) is 0 Å². The van der Waals surface area contributed by atoms with Gasteiger partial charge in [0.25, 0.3) is 0 Å². The molecule has 3 rings (SSSR count). The van der Waals surface area contributed by atoms with Gasteiger partial charge in [-0.05, 0) is 45.1 Å². The summed E-state index contributed by atoms with van der Waals surface area (Å²) in [4.78, 5) is 3.22. The van der Waals surface area contributed by atoms with E-state index in [0.717, 1.165) is 28.2 Å². The van der Waals surface area contributed by atoms with Crippen LogP contribution < -0.4 is 4.74 Å². The maximum Gasteiger partial charge on any atom is 0.178 e. The van der Waals surface area contributed by atoms with Crippen LogP contribution in [0.2, 0.25) is 0 Å². The van der Waals surface area contributed by atoms with Crippen molar-refractivity contribution in [1.29, 1.82) is 0 Å². The van der Waals surface area contributed by atoms with Gasteiger partial charge in [-0.15, -0.1) is 0 Å². The molecule has 5 nitrogen and oxygen atoms in total. The molecule has 0 aliphatic carbocycles. The number of H-pyrrole nitrogens is 1. The van der Waals surface area contributed by atoms with Crippen molar-refractivity contribution >= 4 is 23.3 Å². The molecule has 3 aromatic rings. The van der Waals surface area contributed by atoms with Gasteiger partial charge in [0.05, 0.1) is 23.9 Å². The molecule has 2 heterocycles. The Morgan fingerprint density at radius 3 is 2.90 bits per heavy atom. The van der Waals surface area contributed by atoms with E-state index in [0.29, 0.717) is 11.3 Å². The first-order valence-electron chi connectivity index (χ1n) is 6.85. The van der Waals surface area contributed by atoms with Gasteiger partial charge in [0.2, 0.25) is 0 Å². The number of ether oxygens (including phenoxy) is 1. The largest absolute Gasteiger partial charge is 0.489 e. The normalized spacial score (nSPS) is 11.4. The van der Waals surface area contributed by atoms with Crippen LogP contribution >= 0.6 is 12.2 Å². The lowest BCUT2D eigenvalue weighted by Crippen LogP contribution is -2.05. The van der Waals surface area contributed by atoms with Crippen molar-refractivity contribution < 1.29 is 9.26 Å². The van der Waals surface area contributed by atoms with E-state index in [-0.39, 0.29) is 6.10 Å². The van der Waals surface area contributed by atoms with Crippen LogP contribution in [0.5, 0.6) is 5.75 Å². The van der Waals surface area contributed by atoms with Gasteiger partial charge < -0.3 is 18.8 Å². The Morgan fingerprint density at radius 2 is 2.24 bits per heavy atom. The molecular weight excluding hydrogens is 286 g/mol. The van der Waals surface area contributed by atoms with Crippen LogP contribution in [0.4, 0.5) is 0 Å². The van der Waals surface area contributed by atoms with E-state index < -0.39 is 0 Å². The van der Waals surface area contributed by atoms with Gasteiger partial charge in [-0.25, -0.2) is 0 Å². The molecule has 0 atom stereocenters. The van der Waals surface area contributed by atoms with Crippen molar-refractivity contribution in [2.45, 2.75) is 33.4 Å². The molecule has 0 fully saturated rings. The molecule has 1 aromatic carbocycles. The molecule has 0 saturated carbocycles. The molecule has 0 unspecified atom stereocenters. The number of imidazole rings is 1. The maximum atomic E-state index is 5.82. The Bertz CT molecular complexity index is 829. The number of hydrogen-bond acceptors (Lipinski definition) is 4. The molecule has 1 N–H and O–H groups in total. The van der Waals surface area contributed by atoms with E-state index in [1.807, 2.05) is 49.6 Å². The van der Waals surface area contributed by atoms with Crippen LogP contribution in [0.25, 0.3) is 11.0 Å². The van der Waals surface area contributed by atoms with E-state index in [2.05, 4.69) is 10.1 Å². The molecule has 110 valence electrons. The minimum atomic E-state index is 0.109. The minimum absolute atomic E-state index is 0.109. The zero-order valence-electron chi connectivity index (χ0n) is 12.2. The number of hydrogen-bond donors (Lipinski definition) is 1. The summed E-state index contributed by atoms with van der Waals surface area (Å²) in [7, 11) is 0. The Kier molecular flexibility index (Phi) is 3.55. The quantitative estimate of drug-likeness (QED) is 0.744. The van der Waals surface area contributed by atoms with Gasteiger partial charge >= 0.3 is 0 Å². The van der Waals surface area contributed by atoms with Gasteiger partial charge in [0, 0.05) is 6.07 Å². The lowest BCUT2D eigenvalue weighted by molar-refractivity contribution is 0.245. The summed E-state index contributed by atoms with van der Waals surface area (Å²) in [5, 5.41) is 3.91. The first-order chi connectivity index (χ1) is 10.0. The summed E-state index contributed by atoms with van der Waals surface area (Å²) >= 11 is 5.42. The lowest BCUT2D eigenvalue weighted by atomic mass is 10.3. The highest BCUT2D eigenvalue weighted by Crippen LogP contribution is 2.26. The predicted octanol–water partition coefficient (Wildman–Crippen LogP) is 3.83. The molecule has 0 bridgehead atoms. The molecular formula is C15H17N3O2S. The monoisotopic (exact) mass is 303 g/mol. The molecule has 6 heteroatoms. The van der Waals surface area contributed by atoms with Crippen LogP contribution in [-0.2, 0) is 6.54 Å². The second kappa shape index (κ2) is 5.37. The van der Waals surface area contributed by atoms with Gasteiger partial charge in [-0.2, -0.15) is 0 Å². The first-order valence-corrected chi connectivity index (χ1v) is 7.26. The van der Waals surface area contributed by atoms with E-state index >= 15 is 0 Å². The second-order valence-corrected chi connectivity index (χ2v) is 5.65. The minimum Gasteiger partial charge on any atom is -0.489 e. The van der Waals surface area contributed by atoms with Crippen LogP contribution in [-0.4, -0.2) is 20.8 Å². The summed E-state index contributed by atoms with van der Waals surface area (Å²) in [6.45, 7) is 6.45. The Balaban J connectivity index is 2.07. The van der Waals surface area contributed by atoms with Crippen molar-refractivity contribution in [2.75, 3.05) is 0 Å². The summed E-state index contributed by atoms with van der Waals surface area (Å²) in [5.74, 6) is 1.58. The van der Waals surface area contributed by atoms with E-state index in [9.17, 15) is 0 Å². The molecule has 0 aliphatic rings. The third-order valence-electron chi connectivity index (χ3n) is 3.13. The Morgan fingerprint density at radius 1 is 1.43 bits per heavy atom. The van der Waals surface area contributed by atoms with E-state index in [1.54, 1.807) is 0 Å². The SMILES string of the molecule is Cc1cc(Cn2c(=S)[nH]c3c(OC(C)C)cccc32)on1. The summed E-state index contributed by atoms with van der Waals surface area (Å²) in [5.41, 5.74) is 2.76. The molecule has 0 spiro atoms. The number of aryl methyl sites for hydroxylation is 1. The number of aromatic nitrogens is 3. The Hall–Kier alpha value is -2.08. The van der Waals surface area contributed by atoms with Crippen molar-refractivity contribution in [2.24, 2.45) is 0 Å². The first kappa shape index (κ1) is 13.9. The molecule has 0 saturated heterocycles. The summed E-state index contributed by atoms with van der Waals surface area (Å²) in [6.07, 6.45) is 0.109. The van der Waals surface area contributed by atoms with Crippen LogP contribution in [0, 0.1) is 11.7 Å². The van der Waals surface area contributed by atoms with Crippen LogP contribution in [0.1, 0.15) is 25.3 Å². The number of nitrogens with one attached hydrogen (secondary N) is 1. The molecule has 0 aliphatic heterocycles. The number of benzene rings is 1. The maximum absolute atomic E-state index is 5.82. The Labute approximate surface area is 127 Å². The zero-order chi connectivity index (χ0) is 15.0. The number of rotatable bonds is 4. The average molecular weight is 303 g/mol. The number of fused-ring (bicyclic) bond motifs is 1. The lowest BCUT2D eigenvalue weighted by Gasteiger charge is -2.10. The third kappa shape index (κ3) is 2.71. The fourth-order valence-corrected chi connectivity index (χ4v) is 2.57. The van der Waals surface area contributed by atoms with Gasteiger partial charge in [-0.1, -0.05) is 11.2 Å². The van der Waals surface area contributed by atoms with E-state index in [4.69, 9.17) is 21.5 Å². The van der Waals surface area contributed by atoms with Crippen molar-refractivity contribution in [1.82, 2.24) is 14.7 Å².